The Kier molecular flexibility index (Phi) is 4.99. The molecule has 0 saturated carbocycles. The minimum Gasteiger partial charge on any atom is -0.373 e. The number of rotatable bonds is 4. The fourth-order valence-corrected chi connectivity index (χ4v) is 4.66. The molecule has 1 atom stereocenters. The first-order chi connectivity index (χ1) is 11.4. The molecule has 0 saturated heterocycles. The lowest BCUT2D eigenvalue weighted by molar-refractivity contribution is -0.242. The van der Waals surface area contributed by atoms with E-state index in [2.05, 4.69) is 0 Å². The molecule has 1 amide bonds. The van der Waals surface area contributed by atoms with Crippen LogP contribution in [0, 0.1) is 6.92 Å². The lowest BCUT2D eigenvalue weighted by Crippen LogP contribution is -2.52. The van der Waals surface area contributed by atoms with Gasteiger partial charge >= 0.3 is 6.18 Å². The Morgan fingerprint density at radius 1 is 1.16 bits per heavy atom. The van der Waals surface area contributed by atoms with E-state index in [9.17, 15) is 31.5 Å². The van der Waals surface area contributed by atoms with Gasteiger partial charge in [-0.15, -0.1) is 11.3 Å². The lowest BCUT2D eigenvalue weighted by Gasteiger charge is -2.25. The Bertz CT molecular complexity index is 901. The largest absolute Gasteiger partial charge is 0.426 e. The van der Waals surface area contributed by atoms with E-state index in [0.717, 1.165) is 22.3 Å². The molecule has 5 nitrogen and oxygen atoms in total. The summed E-state index contributed by atoms with van der Waals surface area (Å²) in [7, 11) is -4.03. The number of amides is 1. The monoisotopic (exact) mass is 393 g/mol. The molecular weight excluding hydrogens is 379 g/mol. The number of hydrogen-bond acceptors (Lipinski definition) is 5. The molecule has 136 valence electrons. The Labute approximate surface area is 146 Å². The zero-order valence-electron chi connectivity index (χ0n) is 13.1. The van der Waals surface area contributed by atoms with Gasteiger partial charge in [-0.2, -0.15) is 13.2 Å². The van der Waals surface area contributed by atoms with Gasteiger partial charge in [0.25, 0.3) is 5.91 Å². The number of aryl methyl sites for hydroxylation is 1. The molecule has 25 heavy (non-hydrogen) atoms. The average Bonchev–Trinajstić information content (AvgIpc) is 2.93. The van der Waals surface area contributed by atoms with Crippen LogP contribution in [-0.4, -0.2) is 31.2 Å². The van der Waals surface area contributed by atoms with E-state index in [0.29, 0.717) is 6.92 Å². The van der Waals surface area contributed by atoms with Crippen molar-refractivity contribution in [1.29, 1.82) is 0 Å². The molecule has 0 spiro atoms. The molecule has 0 aliphatic rings. The SMILES string of the molecule is Cc1ccc(S(=O)(=O)c2ccccc2NC(=O)C(C)(O)C(F)(F)F)s1. The van der Waals surface area contributed by atoms with Crippen molar-refractivity contribution in [2.45, 2.75) is 34.7 Å². The van der Waals surface area contributed by atoms with Gasteiger partial charge in [-0.05, 0) is 38.1 Å². The zero-order valence-corrected chi connectivity index (χ0v) is 14.7. The number of anilines is 1. The molecule has 1 unspecified atom stereocenters. The summed E-state index contributed by atoms with van der Waals surface area (Å²) in [6, 6.07) is 8.02. The number of alkyl halides is 3. The number of aliphatic hydroxyl groups is 1. The van der Waals surface area contributed by atoms with E-state index in [1.807, 2.05) is 5.32 Å². The number of para-hydroxylation sites is 1. The zero-order chi connectivity index (χ0) is 19.0. The van der Waals surface area contributed by atoms with Gasteiger partial charge in [0.15, 0.2) is 0 Å². The first-order valence-corrected chi connectivity index (χ1v) is 9.18. The van der Waals surface area contributed by atoms with Crippen molar-refractivity contribution < 1.29 is 31.5 Å². The van der Waals surface area contributed by atoms with Crippen molar-refractivity contribution in [1.82, 2.24) is 0 Å². The van der Waals surface area contributed by atoms with E-state index >= 15 is 0 Å². The van der Waals surface area contributed by atoms with Crippen LogP contribution in [0.3, 0.4) is 0 Å². The highest BCUT2D eigenvalue weighted by Crippen LogP contribution is 2.34. The molecule has 2 N–H and O–H groups in total. The van der Waals surface area contributed by atoms with Crippen LogP contribution in [0.4, 0.5) is 18.9 Å². The second-order valence-electron chi connectivity index (χ2n) is 5.39. The summed E-state index contributed by atoms with van der Waals surface area (Å²) in [6.45, 7) is 2.00. The number of sulfone groups is 1. The summed E-state index contributed by atoms with van der Waals surface area (Å²) in [5.41, 5.74) is -4.01. The van der Waals surface area contributed by atoms with Crippen LogP contribution in [-0.2, 0) is 14.6 Å². The summed E-state index contributed by atoms with van der Waals surface area (Å²) in [5, 5.41) is 11.3. The fraction of sp³-hybridized carbons (Fsp3) is 0.267. The number of hydrogen-bond donors (Lipinski definition) is 2. The van der Waals surface area contributed by atoms with E-state index in [4.69, 9.17) is 0 Å². The molecule has 1 aromatic heterocycles. The Hall–Kier alpha value is -1.91. The van der Waals surface area contributed by atoms with E-state index < -0.39 is 27.5 Å². The average molecular weight is 393 g/mol. The predicted octanol–water partition coefficient (Wildman–Crippen LogP) is 3.14. The molecule has 0 bridgehead atoms. The smallest absolute Gasteiger partial charge is 0.373 e. The number of halogens is 3. The molecule has 10 heteroatoms. The first-order valence-electron chi connectivity index (χ1n) is 6.88. The van der Waals surface area contributed by atoms with E-state index in [-0.39, 0.29) is 14.8 Å². The van der Waals surface area contributed by atoms with Crippen molar-refractivity contribution >= 4 is 32.8 Å². The summed E-state index contributed by atoms with van der Waals surface area (Å²) >= 11 is 0.997. The summed E-state index contributed by atoms with van der Waals surface area (Å²) in [5.74, 6) is -1.77. The van der Waals surface area contributed by atoms with Crippen LogP contribution in [0.15, 0.2) is 45.5 Å². The van der Waals surface area contributed by atoms with E-state index in [1.54, 1.807) is 13.0 Å². The topological polar surface area (TPSA) is 83.5 Å². The van der Waals surface area contributed by atoms with Crippen molar-refractivity contribution in [3.63, 3.8) is 0 Å². The summed E-state index contributed by atoms with van der Waals surface area (Å²) in [4.78, 5) is 12.2. The van der Waals surface area contributed by atoms with Crippen LogP contribution in [0.2, 0.25) is 0 Å². The number of carbonyl (C=O) groups is 1. The summed E-state index contributed by atoms with van der Waals surface area (Å²) < 4.78 is 63.6. The number of benzene rings is 1. The quantitative estimate of drug-likeness (QED) is 0.836. The second-order valence-corrected chi connectivity index (χ2v) is 8.82. The maximum absolute atomic E-state index is 12.8. The molecule has 1 aromatic carbocycles. The van der Waals surface area contributed by atoms with Crippen LogP contribution in [0.1, 0.15) is 11.8 Å². The highest BCUT2D eigenvalue weighted by atomic mass is 32.2. The lowest BCUT2D eigenvalue weighted by atomic mass is 10.1. The van der Waals surface area contributed by atoms with Gasteiger partial charge in [0.05, 0.1) is 10.6 Å². The Morgan fingerprint density at radius 2 is 1.76 bits per heavy atom. The Morgan fingerprint density at radius 3 is 2.28 bits per heavy atom. The molecule has 0 aliphatic carbocycles. The van der Waals surface area contributed by atoms with E-state index in [1.165, 1.54) is 24.3 Å². The second kappa shape index (κ2) is 6.43. The fourth-order valence-electron chi connectivity index (χ4n) is 1.84. The standard InChI is InChI=1S/C15H14F3NO4S2/c1-9-7-8-12(24-9)25(22,23)11-6-4-3-5-10(11)19-13(20)14(2,21)15(16,17)18/h3-8,21H,1-2H3,(H,19,20). The van der Waals surface area contributed by atoms with Crippen LogP contribution < -0.4 is 5.32 Å². The molecule has 0 fully saturated rings. The van der Waals surface area contributed by atoms with Gasteiger partial charge in [0.2, 0.25) is 15.4 Å². The third-order valence-electron chi connectivity index (χ3n) is 3.40. The molecule has 0 radical (unpaired) electrons. The van der Waals surface area contributed by atoms with Crippen LogP contribution >= 0.6 is 11.3 Å². The predicted molar refractivity (Wildman–Crippen MR) is 86.3 cm³/mol. The third-order valence-corrected chi connectivity index (χ3v) is 6.70. The molecule has 2 rings (SSSR count). The van der Waals surface area contributed by atoms with Gasteiger partial charge in [0, 0.05) is 4.88 Å². The maximum atomic E-state index is 12.8. The van der Waals surface area contributed by atoms with Crippen LogP contribution in [0.5, 0.6) is 0 Å². The van der Waals surface area contributed by atoms with Gasteiger partial charge < -0.3 is 10.4 Å². The van der Waals surface area contributed by atoms with Crippen molar-refractivity contribution in [3.8, 4) is 0 Å². The van der Waals surface area contributed by atoms with Crippen molar-refractivity contribution in [3.05, 3.63) is 41.3 Å². The van der Waals surface area contributed by atoms with Gasteiger partial charge in [-0.1, -0.05) is 12.1 Å². The number of nitrogens with one attached hydrogen (secondary N) is 1. The normalized spacial score (nSPS) is 14.8. The minimum atomic E-state index is -5.21. The van der Waals surface area contributed by atoms with Gasteiger partial charge in [-0.3, -0.25) is 4.79 Å². The molecule has 1 heterocycles. The maximum Gasteiger partial charge on any atom is 0.426 e. The molecule has 2 aromatic rings. The van der Waals surface area contributed by atoms with Gasteiger partial charge in [0.1, 0.15) is 4.21 Å². The van der Waals surface area contributed by atoms with Gasteiger partial charge in [-0.25, -0.2) is 8.42 Å². The van der Waals surface area contributed by atoms with Crippen molar-refractivity contribution in [2.24, 2.45) is 0 Å². The van der Waals surface area contributed by atoms with Crippen LogP contribution in [0.25, 0.3) is 0 Å². The first kappa shape index (κ1) is 19.4. The number of carbonyl (C=O) groups excluding carboxylic acids is 1. The summed E-state index contributed by atoms with van der Waals surface area (Å²) in [6.07, 6.45) is -5.21. The Balaban J connectivity index is 2.45. The third kappa shape index (κ3) is 3.70. The number of thiophene rings is 1. The highest BCUT2D eigenvalue weighted by molar-refractivity contribution is 7.93. The molecular formula is C15H14F3NO4S2. The highest BCUT2D eigenvalue weighted by Gasteiger charge is 2.55. The minimum absolute atomic E-state index is 0.00530. The van der Waals surface area contributed by atoms with Crippen molar-refractivity contribution in [2.75, 3.05) is 5.32 Å². The molecule has 0 aliphatic heterocycles.